The number of hydrogen-bond donors (Lipinski definition) is 0. The summed E-state index contributed by atoms with van der Waals surface area (Å²) in [5.41, 5.74) is 1.58. The number of hydrogen-bond acceptors (Lipinski definition) is 2. The minimum atomic E-state index is -0.362. The fourth-order valence-electron chi connectivity index (χ4n) is 1.77. The van der Waals surface area contributed by atoms with E-state index < -0.39 is 0 Å². The Morgan fingerprint density at radius 1 is 1.05 bits per heavy atom. The molecule has 0 radical (unpaired) electrons. The van der Waals surface area contributed by atoms with E-state index >= 15 is 0 Å². The van der Waals surface area contributed by atoms with Gasteiger partial charge in [0.15, 0.2) is 6.29 Å². The van der Waals surface area contributed by atoms with Crippen LogP contribution >= 0.6 is 11.6 Å². The zero-order chi connectivity index (χ0) is 14.5. The lowest BCUT2D eigenvalue weighted by atomic mass is 10.0. The topological polar surface area (TPSA) is 26.3 Å². The molecule has 0 aromatic heterocycles. The summed E-state index contributed by atoms with van der Waals surface area (Å²) in [5, 5.41) is 0.314. The molecule has 102 valence electrons. The maximum absolute atomic E-state index is 12.9. The molecule has 0 amide bonds. The molecule has 0 heterocycles. The first kappa shape index (κ1) is 14.3. The minimum absolute atomic E-state index is 0.314. The van der Waals surface area contributed by atoms with Crippen LogP contribution in [0.2, 0.25) is 0 Å². The van der Waals surface area contributed by atoms with Gasteiger partial charge >= 0.3 is 0 Å². The van der Waals surface area contributed by atoms with Crippen LogP contribution in [0.25, 0.3) is 10.6 Å². The van der Waals surface area contributed by atoms with E-state index in [4.69, 9.17) is 16.3 Å². The number of halogens is 2. The second kappa shape index (κ2) is 6.35. The van der Waals surface area contributed by atoms with Gasteiger partial charge in [-0.3, -0.25) is 4.79 Å². The number of aldehydes is 1. The van der Waals surface area contributed by atoms with Crippen molar-refractivity contribution >= 4 is 28.5 Å². The van der Waals surface area contributed by atoms with Gasteiger partial charge in [0.25, 0.3) is 0 Å². The second-order valence-electron chi connectivity index (χ2n) is 4.08. The van der Waals surface area contributed by atoms with Gasteiger partial charge in [-0.15, -0.1) is 0 Å². The Bertz CT molecular complexity index is 631. The van der Waals surface area contributed by atoms with Crippen molar-refractivity contribution in [3.8, 4) is 5.75 Å². The van der Waals surface area contributed by atoms with E-state index in [1.807, 2.05) is 0 Å². The third-order valence-electron chi connectivity index (χ3n) is 2.85. The van der Waals surface area contributed by atoms with Crippen LogP contribution in [0.15, 0.2) is 48.5 Å². The van der Waals surface area contributed by atoms with Gasteiger partial charge in [0.2, 0.25) is 0 Å². The highest BCUT2D eigenvalue weighted by Gasteiger charge is 2.09. The molecule has 0 aliphatic heterocycles. The molecule has 2 aromatic carbocycles. The molecular weight excluding hydrogens is 279 g/mol. The van der Waals surface area contributed by atoms with E-state index in [0.717, 1.165) is 0 Å². The van der Waals surface area contributed by atoms with Gasteiger partial charge in [0.05, 0.1) is 12.1 Å². The number of carbonyl (C=O) groups is 1. The van der Waals surface area contributed by atoms with Crippen LogP contribution < -0.4 is 4.74 Å². The lowest BCUT2D eigenvalue weighted by molar-refractivity contribution is -0.103. The van der Waals surface area contributed by atoms with E-state index in [1.54, 1.807) is 31.4 Å². The van der Waals surface area contributed by atoms with Gasteiger partial charge < -0.3 is 4.74 Å². The summed E-state index contributed by atoms with van der Waals surface area (Å²) >= 11 is 6.26. The SMILES string of the molecule is COc1ccc(/C(Cl)=C(\C=O)c2ccc(F)cc2)cc1. The van der Waals surface area contributed by atoms with Crippen LogP contribution in [0.1, 0.15) is 11.1 Å². The zero-order valence-electron chi connectivity index (χ0n) is 10.8. The van der Waals surface area contributed by atoms with Crippen LogP contribution in [0.5, 0.6) is 5.75 Å². The summed E-state index contributed by atoms with van der Waals surface area (Å²) < 4.78 is 18.0. The fourth-order valence-corrected chi connectivity index (χ4v) is 2.05. The van der Waals surface area contributed by atoms with Gasteiger partial charge in [-0.05, 0) is 47.5 Å². The molecule has 0 spiro atoms. The molecule has 0 atom stereocenters. The maximum Gasteiger partial charge on any atom is 0.152 e. The van der Waals surface area contributed by atoms with E-state index in [2.05, 4.69) is 0 Å². The Labute approximate surface area is 121 Å². The minimum Gasteiger partial charge on any atom is -0.497 e. The molecule has 0 aliphatic rings. The molecule has 2 nitrogen and oxygen atoms in total. The van der Waals surface area contributed by atoms with E-state index in [9.17, 15) is 9.18 Å². The van der Waals surface area contributed by atoms with E-state index in [0.29, 0.717) is 33.8 Å². The van der Waals surface area contributed by atoms with Crippen LogP contribution in [0, 0.1) is 5.82 Å². The first-order valence-electron chi connectivity index (χ1n) is 5.91. The average Bonchev–Trinajstić information content (AvgIpc) is 2.50. The summed E-state index contributed by atoms with van der Waals surface area (Å²) in [5.74, 6) is 0.340. The highest BCUT2D eigenvalue weighted by molar-refractivity contribution is 6.55. The first-order valence-corrected chi connectivity index (χ1v) is 6.29. The van der Waals surface area contributed by atoms with Crippen LogP contribution in [0.3, 0.4) is 0 Å². The molecule has 0 saturated carbocycles. The molecule has 2 rings (SSSR count). The largest absolute Gasteiger partial charge is 0.497 e. The number of allylic oxidation sites excluding steroid dienone is 1. The third kappa shape index (κ3) is 3.06. The van der Waals surface area contributed by atoms with Gasteiger partial charge in [0, 0.05) is 5.57 Å². The summed E-state index contributed by atoms with van der Waals surface area (Å²) in [4.78, 5) is 11.3. The predicted molar refractivity (Wildman–Crippen MR) is 78.1 cm³/mol. The van der Waals surface area contributed by atoms with E-state index in [-0.39, 0.29) is 5.82 Å². The quantitative estimate of drug-likeness (QED) is 0.480. The molecule has 20 heavy (non-hydrogen) atoms. The summed E-state index contributed by atoms with van der Waals surface area (Å²) in [6.07, 6.45) is 0.666. The van der Waals surface area contributed by atoms with Crippen molar-refractivity contribution in [2.45, 2.75) is 0 Å². The smallest absolute Gasteiger partial charge is 0.152 e. The standard InChI is InChI=1S/C16H12ClFO2/c1-20-14-8-4-12(5-9-14)16(17)15(10-19)11-2-6-13(18)7-3-11/h2-10H,1H3/b16-15-. The van der Waals surface area contributed by atoms with Crippen molar-refractivity contribution in [2.75, 3.05) is 7.11 Å². The number of methoxy groups -OCH3 is 1. The first-order chi connectivity index (χ1) is 9.65. The maximum atomic E-state index is 12.9. The molecule has 4 heteroatoms. The summed E-state index contributed by atoms with van der Waals surface area (Å²) in [6, 6.07) is 12.6. The molecule has 0 bridgehead atoms. The highest BCUT2D eigenvalue weighted by Crippen LogP contribution is 2.29. The lowest BCUT2D eigenvalue weighted by Gasteiger charge is -2.07. The predicted octanol–water partition coefficient (Wildman–Crippen LogP) is 4.14. The summed E-state index contributed by atoms with van der Waals surface area (Å²) in [7, 11) is 1.57. The number of ether oxygens (including phenoxy) is 1. The Kier molecular flexibility index (Phi) is 4.53. The van der Waals surface area contributed by atoms with E-state index in [1.165, 1.54) is 24.3 Å². The number of rotatable bonds is 4. The monoisotopic (exact) mass is 290 g/mol. The molecule has 0 fully saturated rings. The molecular formula is C16H12ClFO2. The van der Waals surface area contributed by atoms with Crippen molar-refractivity contribution in [3.63, 3.8) is 0 Å². The lowest BCUT2D eigenvalue weighted by Crippen LogP contribution is -1.91. The average molecular weight is 291 g/mol. The van der Waals surface area contributed by atoms with Gasteiger partial charge in [-0.2, -0.15) is 0 Å². The molecule has 0 N–H and O–H groups in total. The van der Waals surface area contributed by atoms with Crippen molar-refractivity contribution in [1.82, 2.24) is 0 Å². The molecule has 0 unspecified atom stereocenters. The Morgan fingerprint density at radius 2 is 1.60 bits per heavy atom. The Morgan fingerprint density at radius 3 is 2.10 bits per heavy atom. The fraction of sp³-hybridized carbons (Fsp3) is 0.0625. The molecule has 0 aliphatic carbocycles. The molecule has 0 saturated heterocycles. The normalized spacial score (nSPS) is 11.8. The molecule has 2 aromatic rings. The Balaban J connectivity index is 2.45. The van der Waals surface area contributed by atoms with Gasteiger partial charge in [0.1, 0.15) is 11.6 Å². The van der Waals surface area contributed by atoms with Crippen molar-refractivity contribution in [2.24, 2.45) is 0 Å². The Hall–Kier alpha value is -2.13. The van der Waals surface area contributed by atoms with Gasteiger partial charge in [-0.1, -0.05) is 23.7 Å². The highest BCUT2D eigenvalue weighted by atomic mass is 35.5. The van der Waals surface area contributed by atoms with Crippen molar-refractivity contribution in [1.29, 1.82) is 0 Å². The number of carbonyl (C=O) groups excluding carboxylic acids is 1. The zero-order valence-corrected chi connectivity index (χ0v) is 11.5. The van der Waals surface area contributed by atoms with Crippen molar-refractivity contribution < 1.29 is 13.9 Å². The van der Waals surface area contributed by atoms with Gasteiger partial charge in [-0.25, -0.2) is 4.39 Å². The van der Waals surface area contributed by atoms with Crippen LogP contribution in [0.4, 0.5) is 4.39 Å². The second-order valence-corrected chi connectivity index (χ2v) is 4.46. The summed E-state index contributed by atoms with van der Waals surface area (Å²) in [6.45, 7) is 0. The number of benzene rings is 2. The van der Waals surface area contributed by atoms with Crippen LogP contribution in [-0.4, -0.2) is 13.4 Å². The third-order valence-corrected chi connectivity index (χ3v) is 3.27. The van der Waals surface area contributed by atoms with Crippen molar-refractivity contribution in [3.05, 3.63) is 65.5 Å². The van der Waals surface area contributed by atoms with Crippen LogP contribution in [-0.2, 0) is 4.79 Å².